The summed E-state index contributed by atoms with van der Waals surface area (Å²) in [6.07, 6.45) is 1.98. The monoisotopic (exact) mass is 306 g/mol. The minimum atomic E-state index is -0.166. The predicted molar refractivity (Wildman–Crippen MR) is 86.0 cm³/mol. The highest BCUT2D eigenvalue weighted by atomic mass is 16.5. The van der Waals surface area contributed by atoms with E-state index in [1.807, 2.05) is 36.9 Å². The summed E-state index contributed by atoms with van der Waals surface area (Å²) in [5.41, 5.74) is 6.97. The molecule has 0 aromatic heterocycles. The van der Waals surface area contributed by atoms with Crippen molar-refractivity contribution in [1.29, 1.82) is 0 Å². The van der Waals surface area contributed by atoms with Crippen molar-refractivity contribution in [3.8, 4) is 11.5 Å². The van der Waals surface area contributed by atoms with Crippen molar-refractivity contribution < 1.29 is 14.3 Å². The Kier molecular flexibility index (Phi) is 5.29. The van der Waals surface area contributed by atoms with Crippen LogP contribution >= 0.6 is 0 Å². The molecule has 0 saturated carbocycles. The molecule has 1 fully saturated rings. The molecular formula is C17H26N2O3. The molecule has 22 heavy (non-hydrogen) atoms. The summed E-state index contributed by atoms with van der Waals surface area (Å²) in [6.45, 7) is 4.57. The third-order valence-corrected chi connectivity index (χ3v) is 4.51. The first-order chi connectivity index (χ1) is 10.5. The van der Waals surface area contributed by atoms with Crippen LogP contribution in [0.3, 0.4) is 0 Å². The average molecular weight is 306 g/mol. The Balaban J connectivity index is 2.25. The third kappa shape index (κ3) is 3.19. The second-order valence-electron chi connectivity index (χ2n) is 5.95. The Morgan fingerprint density at radius 2 is 1.95 bits per heavy atom. The van der Waals surface area contributed by atoms with E-state index < -0.39 is 0 Å². The fourth-order valence-corrected chi connectivity index (χ4v) is 2.92. The van der Waals surface area contributed by atoms with Crippen molar-refractivity contribution in [3.05, 3.63) is 23.8 Å². The van der Waals surface area contributed by atoms with Gasteiger partial charge in [0.05, 0.1) is 26.2 Å². The van der Waals surface area contributed by atoms with E-state index in [1.165, 1.54) is 0 Å². The van der Waals surface area contributed by atoms with Crippen LogP contribution in [-0.4, -0.2) is 37.6 Å². The van der Waals surface area contributed by atoms with Crippen LogP contribution in [0.5, 0.6) is 11.5 Å². The zero-order valence-corrected chi connectivity index (χ0v) is 13.8. The summed E-state index contributed by atoms with van der Waals surface area (Å²) in [4.78, 5) is 14.6. The zero-order valence-electron chi connectivity index (χ0n) is 13.8. The molecule has 2 rings (SSSR count). The summed E-state index contributed by atoms with van der Waals surface area (Å²) in [6, 6.07) is 5.82. The second kappa shape index (κ2) is 7.01. The zero-order chi connectivity index (χ0) is 16.3. The van der Waals surface area contributed by atoms with Crippen LogP contribution in [0.4, 0.5) is 0 Å². The number of carbonyl (C=O) groups excluding carboxylic acids is 1. The van der Waals surface area contributed by atoms with Crippen molar-refractivity contribution in [2.24, 2.45) is 11.7 Å². The first-order valence-corrected chi connectivity index (χ1v) is 7.77. The Morgan fingerprint density at radius 3 is 2.55 bits per heavy atom. The topological polar surface area (TPSA) is 64.8 Å². The molecule has 1 amide bonds. The molecule has 5 heteroatoms. The maximum atomic E-state index is 12.6. The Labute approximate surface area is 132 Å². The predicted octanol–water partition coefficient (Wildman–Crippen LogP) is 2.35. The van der Waals surface area contributed by atoms with Crippen molar-refractivity contribution in [3.63, 3.8) is 0 Å². The minimum absolute atomic E-state index is 0.0912. The molecule has 1 aromatic carbocycles. The van der Waals surface area contributed by atoms with Crippen LogP contribution in [0.2, 0.25) is 0 Å². The van der Waals surface area contributed by atoms with E-state index in [0.717, 1.165) is 24.9 Å². The van der Waals surface area contributed by atoms with Crippen LogP contribution in [0.1, 0.15) is 38.3 Å². The summed E-state index contributed by atoms with van der Waals surface area (Å²) >= 11 is 0. The number of rotatable bonds is 5. The maximum absolute atomic E-state index is 12.6. The van der Waals surface area contributed by atoms with Gasteiger partial charge in [-0.15, -0.1) is 0 Å². The van der Waals surface area contributed by atoms with Crippen molar-refractivity contribution in [1.82, 2.24) is 4.90 Å². The van der Waals surface area contributed by atoms with E-state index in [1.54, 1.807) is 14.2 Å². The molecule has 1 saturated heterocycles. The van der Waals surface area contributed by atoms with E-state index >= 15 is 0 Å². The smallest absolute Gasteiger partial charge is 0.227 e. The fourth-order valence-electron chi connectivity index (χ4n) is 2.92. The van der Waals surface area contributed by atoms with Crippen LogP contribution < -0.4 is 15.2 Å². The molecule has 0 aliphatic carbocycles. The molecule has 0 spiro atoms. The lowest BCUT2D eigenvalue weighted by Crippen LogP contribution is -2.41. The molecular weight excluding hydrogens is 280 g/mol. The second-order valence-corrected chi connectivity index (χ2v) is 5.95. The maximum Gasteiger partial charge on any atom is 0.227 e. The van der Waals surface area contributed by atoms with Gasteiger partial charge in [0.25, 0.3) is 0 Å². The number of ether oxygens (including phenoxy) is 2. The average Bonchev–Trinajstić information content (AvgIpc) is 3.02. The van der Waals surface area contributed by atoms with Gasteiger partial charge >= 0.3 is 0 Å². The van der Waals surface area contributed by atoms with Crippen molar-refractivity contribution >= 4 is 5.91 Å². The van der Waals surface area contributed by atoms with Gasteiger partial charge in [-0.25, -0.2) is 0 Å². The normalized spacial score (nSPS) is 20.6. The van der Waals surface area contributed by atoms with Gasteiger partial charge in [-0.2, -0.15) is 0 Å². The highest BCUT2D eigenvalue weighted by molar-refractivity contribution is 5.80. The number of nitrogens with zero attached hydrogens (tertiary/aromatic N) is 1. The van der Waals surface area contributed by atoms with Gasteiger partial charge in [0.1, 0.15) is 0 Å². The van der Waals surface area contributed by atoms with Gasteiger partial charge in [-0.3, -0.25) is 4.79 Å². The largest absolute Gasteiger partial charge is 0.493 e. The Bertz CT molecular complexity index is 531. The fraction of sp³-hybridized carbons (Fsp3) is 0.588. The number of hydrogen-bond acceptors (Lipinski definition) is 4. The first-order valence-electron chi connectivity index (χ1n) is 7.77. The van der Waals surface area contributed by atoms with E-state index in [4.69, 9.17) is 15.2 Å². The highest BCUT2D eigenvalue weighted by Gasteiger charge is 2.33. The summed E-state index contributed by atoms with van der Waals surface area (Å²) in [5, 5.41) is 0. The number of methoxy groups -OCH3 is 2. The lowest BCUT2D eigenvalue weighted by molar-refractivity contribution is -0.136. The van der Waals surface area contributed by atoms with Crippen LogP contribution in [0.15, 0.2) is 18.2 Å². The van der Waals surface area contributed by atoms with Gasteiger partial charge in [-0.1, -0.05) is 13.0 Å². The highest BCUT2D eigenvalue weighted by Crippen LogP contribution is 2.37. The molecule has 1 aromatic rings. The summed E-state index contributed by atoms with van der Waals surface area (Å²) in [5.74, 6) is 1.36. The van der Waals surface area contributed by atoms with E-state index in [0.29, 0.717) is 11.5 Å². The molecule has 3 atom stereocenters. The number of carbonyl (C=O) groups is 1. The molecule has 1 aliphatic heterocycles. The molecule has 0 bridgehead atoms. The number of nitrogens with two attached hydrogens (primary N) is 1. The standard InChI is InChI=1S/C17H26N2O3/c1-11(12(2)18)17(20)19-9-5-6-14(19)13-7-8-15(21-3)16(10-13)22-4/h7-8,10-12,14H,5-6,9,18H2,1-4H3. The van der Waals surface area contributed by atoms with Crippen molar-refractivity contribution in [2.45, 2.75) is 38.8 Å². The van der Waals surface area contributed by atoms with Crippen LogP contribution in [0.25, 0.3) is 0 Å². The third-order valence-electron chi connectivity index (χ3n) is 4.51. The SMILES string of the molecule is COc1ccc(C2CCCN2C(=O)C(C)C(C)N)cc1OC. The number of amides is 1. The lowest BCUT2D eigenvalue weighted by atomic mass is 9.99. The van der Waals surface area contributed by atoms with Gasteiger partial charge in [-0.05, 0) is 37.5 Å². The van der Waals surface area contributed by atoms with Crippen LogP contribution in [0, 0.1) is 5.92 Å². The van der Waals surface area contributed by atoms with Gasteiger partial charge < -0.3 is 20.1 Å². The molecule has 1 aliphatic rings. The molecule has 122 valence electrons. The summed E-state index contributed by atoms with van der Waals surface area (Å²) < 4.78 is 10.6. The molecule has 1 heterocycles. The molecule has 5 nitrogen and oxygen atoms in total. The first kappa shape index (κ1) is 16.6. The minimum Gasteiger partial charge on any atom is -0.493 e. The van der Waals surface area contributed by atoms with Gasteiger partial charge in [0.2, 0.25) is 5.91 Å². The van der Waals surface area contributed by atoms with E-state index in [9.17, 15) is 4.79 Å². The Morgan fingerprint density at radius 1 is 1.27 bits per heavy atom. The van der Waals surface area contributed by atoms with E-state index in [-0.39, 0.29) is 23.9 Å². The molecule has 0 radical (unpaired) electrons. The number of benzene rings is 1. The quantitative estimate of drug-likeness (QED) is 0.907. The van der Waals surface area contributed by atoms with Crippen LogP contribution in [-0.2, 0) is 4.79 Å². The number of hydrogen-bond donors (Lipinski definition) is 1. The van der Waals surface area contributed by atoms with Gasteiger partial charge in [0, 0.05) is 12.6 Å². The van der Waals surface area contributed by atoms with Gasteiger partial charge in [0.15, 0.2) is 11.5 Å². The number of likely N-dealkylation sites (tertiary alicyclic amines) is 1. The van der Waals surface area contributed by atoms with Crippen molar-refractivity contribution in [2.75, 3.05) is 20.8 Å². The lowest BCUT2D eigenvalue weighted by Gasteiger charge is -2.29. The Hall–Kier alpha value is -1.75. The summed E-state index contributed by atoms with van der Waals surface area (Å²) in [7, 11) is 3.24. The molecule has 3 unspecified atom stereocenters. The molecule has 2 N–H and O–H groups in total. The van der Waals surface area contributed by atoms with E-state index in [2.05, 4.69) is 0 Å².